The Hall–Kier alpha value is -3.26. The summed E-state index contributed by atoms with van der Waals surface area (Å²) in [5, 5.41) is 13.3. The van der Waals surface area contributed by atoms with E-state index in [-0.39, 0.29) is 5.57 Å². The van der Waals surface area contributed by atoms with Gasteiger partial charge in [0.15, 0.2) is 0 Å². The van der Waals surface area contributed by atoms with Crippen molar-refractivity contribution < 1.29 is 9.53 Å². The van der Waals surface area contributed by atoms with Gasteiger partial charge in [0.1, 0.15) is 17.4 Å². The maximum absolute atomic E-state index is 12.6. The van der Waals surface area contributed by atoms with Crippen LogP contribution in [0.15, 0.2) is 72.3 Å². The molecule has 0 aliphatic rings. The molecule has 3 aromatic rings. The summed E-state index contributed by atoms with van der Waals surface area (Å²) >= 11 is 12.4. The first kappa shape index (κ1) is 21.4. The molecule has 0 aliphatic carbocycles. The highest BCUT2D eigenvalue weighted by Gasteiger charge is 2.13. The van der Waals surface area contributed by atoms with E-state index in [4.69, 9.17) is 27.9 Å². The largest absolute Gasteiger partial charge is 0.497 e. The smallest absolute Gasteiger partial charge is 0.266 e. The molecule has 0 atom stereocenters. The van der Waals surface area contributed by atoms with Crippen LogP contribution in [0.4, 0.5) is 5.69 Å². The molecule has 3 aromatic carbocycles. The maximum Gasteiger partial charge on any atom is 0.266 e. The average Bonchev–Trinajstić information content (AvgIpc) is 2.75. The van der Waals surface area contributed by atoms with Gasteiger partial charge in [-0.1, -0.05) is 59.6 Å². The van der Waals surface area contributed by atoms with Gasteiger partial charge in [-0.2, -0.15) is 5.26 Å². The highest BCUT2D eigenvalue weighted by molar-refractivity contribution is 6.34. The van der Waals surface area contributed by atoms with E-state index in [9.17, 15) is 10.1 Å². The number of nitrogens with one attached hydrogen (secondary N) is 1. The van der Waals surface area contributed by atoms with Gasteiger partial charge in [0.2, 0.25) is 0 Å². The molecule has 150 valence electrons. The van der Waals surface area contributed by atoms with Crippen LogP contribution < -0.4 is 10.1 Å². The Labute approximate surface area is 185 Å². The quantitative estimate of drug-likeness (QED) is 0.372. The Balaban J connectivity index is 1.95. The molecular formula is C24H18Cl2N2O2. The number of rotatable bonds is 6. The number of halogens is 2. The summed E-state index contributed by atoms with van der Waals surface area (Å²) in [5.74, 6) is 0.137. The number of hydrogen-bond acceptors (Lipinski definition) is 3. The monoisotopic (exact) mass is 436 g/mol. The number of benzene rings is 3. The van der Waals surface area contributed by atoms with Gasteiger partial charge in [-0.25, -0.2) is 0 Å². The number of ether oxygens (including phenoxy) is 1. The molecule has 0 heterocycles. The Morgan fingerprint density at radius 1 is 1.03 bits per heavy atom. The topological polar surface area (TPSA) is 62.1 Å². The molecule has 0 spiro atoms. The number of anilines is 1. The summed E-state index contributed by atoms with van der Waals surface area (Å²) in [6, 6.07) is 21.8. The van der Waals surface area contributed by atoms with E-state index in [2.05, 4.69) is 5.32 Å². The van der Waals surface area contributed by atoms with Crippen LogP contribution in [0.2, 0.25) is 10.0 Å². The molecule has 30 heavy (non-hydrogen) atoms. The van der Waals surface area contributed by atoms with E-state index in [0.717, 1.165) is 16.7 Å². The van der Waals surface area contributed by atoms with Gasteiger partial charge in [0, 0.05) is 5.02 Å². The van der Waals surface area contributed by atoms with Crippen molar-refractivity contribution in [3.05, 3.63) is 99.0 Å². The van der Waals surface area contributed by atoms with E-state index in [1.54, 1.807) is 43.5 Å². The van der Waals surface area contributed by atoms with E-state index < -0.39 is 5.91 Å². The molecular weight excluding hydrogens is 419 g/mol. The molecule has 1 N–H and O–H groups in total. The lowest BCUT2D eigenvalue weighted by Gasteiger charge is -2.11. The molecule has 0 aromatic heterocycles. The van der Waals surface area contributed by atoms with Gasteiger partial charge < -0.3 is 10.1 Å². The number of para-hydroxylation sites is 1. The summed E-state index contributed by atoms with van der Waals surface area (Å²) in [5.41, 5.74) is 2.93. The van der Waals surface area contributed by atoms with Crippen LogP contribution in [0, 0.1) is 11.3 Å². The van der Waals surface area contributed by atoms with Crippen molar-refractivity contribution in [3.8, 4) is 11.8 Å². The number of carbonyl (C=O) groups is 1. The molecule has 0 saturated carbocycles. The predicted molar refractivity (Wildman–Crippen MR) is 121 cm³/mol. The SMILES string of the molecule is COc1ccc(/C=C(\C#N)C(=O)Nc2ccccc2Cl)c(Cc2ccccc2Cl)c1. The first-order chi connectivity index (χ1) is 14.5. The third-order valence-electron chi connectivity index (χ3n) is 4.48. The van der Waals surface area contributed by atoms with E-state index >= 15 is 0 Å². The Morgan fingerprint density at radius 3 is 2.40 bits per heavy atom. The number of carbonyl (C=O) groups excluding carboxylic acids is 1. The lowest BCUT2D eigenvalue weighted by Crippen LogP contribution is -2.13. The van der Waals surface area contributed by atoms with Crippen LogP contribution >= 0.6 is 23.2 Å². The molecule has 0 aliphatic heterocycles. The van der Waals surface area contributed by atoms with Crippen LogP contribution in [0.5, 0.6) is 5.75 Å². The second-order valence-electron chi connectivity index (χ2n) is 6.44. The van der Waals surface area contributed by atoms with E-state index in [1.807, 2.05) is 42.5 Å². The first-order valence-corrected chi connectivity index (χ1v) is 9.85. The highest BCUT2D eigenvalue weighted by Crippen LogP contribution is 2.26. The molecule has 0 radical (unpaired) electrons. The summed E-state index contributed by atoms with van der Waals surface area (Å²) < 4.78 is 5.34. The summed E-state index contributed by atoms with van der Waals surface area (Å²) in [6.45, 7) is 0. The van der Waals surface area contributed by atoms with Gasteiger partial charge in [-0.3, -0.25) is 4.79 Å². The Morgan fingerprint density at radius 2 is 1.73 bits per heavy atom. The highest BCUT2D eigenvalue weighted by atomic mass is 35.5. The minimum Gasteiger partial charge on any atom is -0.497 e. The molecule has 0 bridgehead atoms. The van der Waals surface area contributed by atoms with Gasteiger partial charge in [-0.05, 0) is 59.5 Å². The number of nitrogens with zero attached hydrogens (tertiary/aromatic N) is 1. The second kappa shape index (κ2) is 9.98. The minimum atomic E-state index is -0.537. The summed E-state index contributed by atoms with van der Waals surface area (Å²) in [7, 11) is 1.59. The van der Waals surface area contributed by atoms with Gasteiger partial charge >= 0.3 is 0 Å². The Kier molecular flexibility index (Phi) is 7.13. The third kappa shape index (κ3) is 5.21. The van der Waals surface area contributed by atoms with E-state index in [0.29, 0.717) is 27.9 Å². The van der Waals surface area contributed by atoms with Crippen molar-refractivity contribution in [1.29, 1.82) is 5.26 Å². The molecule has 4 nitrogen and oxygen atoms in total. The van der Waals surface area contributed by atoms with Crippen molar-refractivity contribution >= 4 is 40.9 Å². The van der Waals surface area contributed by atoms with Crippen LogP contribution in [0.3, 0.4) is 0 Å². The third-order valence-corrected chi connectivity index (χ3v) is 5.17. The van der Waals surface area contributed by atoms with Crippen molar-refractivity contribution in [3.63, 3.8) is 0 Å². The lowest BCUT2D eigenvalue weighted by molar-refractivity contribution is -0.112. The number of amides is 1. The molecule has 0 saturated heterocycles. The summed E-state index contributed by atoms with van der Waals surface area (Å²) in [6.07, 6.45) is 2.07. The number of nitriles is 1. The minimum absolute atomic E-state index is 0.0412. The number of hydrogen-bond donors (Lipinski definition) is 1. The first-order valence-electron chi connectivity index (χ1n) is 9.10. The van der Waals surface area contributed by atoms with Crippen molar-refractivity contribution in [2.24, 2.45) is 0 Å². The number of methoxy groups -OCH3 is 1. The molecule has 0 fully saturated rings. The molecule has 1 amide bonds. The van der Waals surface area contributed by atoms with Crippen LogP contribution in [0.25, 0.3) is 6.08 Å². The zero-order chi connectivity index (χ0) is 21.5. The van der Waals surface area contributed by atoms with Gasteiger partial charge in [0.25, 0.3) is 5.91 Å². The van der Waals surface area contributed by atoms with Crippen molar-refractivity contribution in [2.75, 3.05) is 12.4 Å². The second-order valence-corrected chi connectivity index (χ2v) is 7.25. The lowest BCUT2D eigenvalue weighted by atomic mass is 9.97. The standard InChI is InChI=1S/C24H18Cl2N2O2/c1-30-20-11-10-16(18(14-20)13-17-6-2-3-7-21(17)25)12-19(15-27)24(29)28-23-9-5-4-8-22(23)26/h2-12,14H,13H2,1H3,(H,28,29)/b19-12+. The van der Waals surface area contributed by atoms with Crippen molar-refractivity contribution in [2.45, 2.75) is 6.42 Å². The van der Waals surface area contributed by atoms with Gasteiger partial charge in [-0.15, -0.1) is 0 Å². The van der Waals surface area contributed by atoms with Crippen LogP contribution in [-0.4, -0.2) is 13.0 Å². The van der Waals surface area contributed by atoms with Gasteiger partial charge in [0.05, 0.1) is 17.8 Å². The van der Waals surface area contributed by atoms with Crippen LogP contribution in [-0.2, 0) is 11.2 Å². The molecule has 6 heteroatoms. The normalized spacial score (nSPS) is 10.9. The molecule has 3 rings (SSSR count). The average molecular weight is 437 g/mol. The summed E-state index contributed by atoms with van der Waals surface area (Å²) in [4.78, 5) is 12.6. The van der Waals surface area contributed by atoms with Crippen LogP contribution in [0.1, 0.15) is 16.7 Å². The fourth-order valence-electron chi connectivity index (χ4n) is 2.91. The fourth-order valence-corrected chi connectivity index (χ4v) is 3.29. The van der Waals surface area contributed by atoms with E-state index in [1.165, 1.54) is 0 Å². The molecule has 0 unspecified atom stereocenters. The zero-order valence-electron chi connectivity index (χ0n) is 16.2. The Bertz CT molecular complexity index is 1150. The maximum atomic E-state index is 12.6. The predicted octanol–water partition coefficient (Wildman–Crippen LogP) is 6.14. The van der Waals surface area contributed by atoms with Crippen molar-refractivity contribution in [1.82, 2.24) is 0 Å². The fraction of sp³-hybridized carbons (Fsp3) is 0.0833. The zero-order valence-corrected chi connectivity index (χ0v) is 17.7.